The molecule has 3 atom stereocenters. The zero-order valence-electron chi connectivity index (χ0n) is 17.9. The van der Waals surface area contributed by atoms with Gasteiger partial charge in [0.25, 0.3) is 0 Å². The molecule has 2 aromatic rings. The van der Waals surface area contributed by atoms with Gasteiger partial charge in [-0.2, -0.15) is 5.10 Å². The number of para-hydroxylation sites is 1. The number of rotatable bonds is 4. The number of amides is 1. The van der Waals surface area contributed by atoms with Gasteiger partial charge >= 0.3 is 5.97 Å². The predicted octanol–water partition coefficient (Wildman–Crippen LogP) is 3.84. The van der Waals surface area contributed by atoms with Crippen molar-refractivity contribution >= 4 is 18.0 Å². The van der Waals surface area contributed by atoms with E-state index in [0.717, 1.165) is 41.9 Å². The number of methoxy groups -OCH3 is 1. The summed E-state index contributed by atoms with van der Waals surface area (Å²) in [5, 5.41) is 4.64. The van der Waals surface area contributed by atoms with E-state index >= 15 is 0 Å². The monoisotopic (exact) mass is 407 g/mol. The Morgan fingerprint density at radius 2 is 1.87 bits per heavy atom. The number of nitrogens with zero attached hydrogens (tertiary/aromatic N) is 3. The van der Waals surface area contributed by atoms with Gasteiger partial charge in [-0.15, -0.1) is 0 Å². The van der Waals surface area contributed by atoms with Crippen molar-refractivity contribution in [1.82, 2.24) is 14.7 Å². The fourth-order valence-electron chi connectivity index (χ4n) is 5.08. The second kappa shape index (κ2) is 8.46. The van der Waals surface area contributed by atoms with Crippen molar-refractivity contribution < 1.29 is 14.3 Å². The van der Waals surface area contributed by atoms with Crippen LogP contribution in [0.25, 0.3) is 11.8 Å². The van der Waals surface area contributed by atoms with E-state index in [1.54, 1.807) is 11.0 Å². The summed E-state index contributed by atoms with van der Waals surface area (Å²) >= 11 is 0. The highest BCUT2D eigenvalue weighted by Crippen LogP contribution is 2.40. The molecule has 2 fully saturated rings. The lowest BCUT2D eigenvalue weighted by atomic mass is 9.85. The minimum Gasteiger partial charge on any atom is -0.467 e. The van der Waals surface area contributed by atoms with Crippen molar-refractivity contribution in [3.05, 3.63) is 53.4 Å². The maximum Gasteiger partial charge on any atom is 0.328 e. The molecule has 1 aliphatic carbocycles. The Kier molecular flexibility index (Phi) is 5.75. The molecule has 0 spiro atoms. The van der Waals surface area contributed by atoms with Gasteiger partial charge in [0.15, 0.2) is 0 Å². The Hall–Kier alpha value is -2.89. The summed E-state index contributed by atoms with van der Waals surface area (Å²) in [6.07, 6.45) is 8.45. The van der Waals surface area contributed by atoms with Gasteiger partial charge in [0.2, 0.25) is 5.91 Å². The first-order valence-electron chi connectivity index (χ1n) is 10.7. The summed E-state index contributed by atoms with van der Waals surface area (Å²) in [6.45, 7) is 3.95. The van der Waals surface area contributed by atoms with Gasteiger partial charge in [-0.1, -0.05) is 31.0 Å². The molecule has 4 rings (SSSR count). The summed E-state index contributed by atoms with van der Waals surface area (Å²) in [4.78, 5) is 27.3. The third-order valence-electron chi connectivity index (χ3n) is 6.56. The highest BCUT2D eigenvalue weighted by Gasteiger charge is 2.47. The van der Waals surface area contributed by atoms with E-state index in [1.807, 2.05) is 54.9 Å². The van der Waals surface area contributed by atoms with E-state index in [2.05, 4.69) is 5.10 Å². The van der Waals surface area contributed by atoms with Gasteiger partial charge in [-0.25, -0.2) is 9.48 Å². The number of carbonyl (C=O) groups excluding carboxylic acids is 2. The van der Waals surface area contributed by atoms with Crippen LogP contribution in [0.5, 0.6) is 0 Å². The molecule has 3 unspecified atom stereocenters. The Balaban J connectivity index is 1.60. The minimum atomic E-state index is -0.477. The number of hydrogen-bond donors (Lipinski definition) is 0. The Morgan fingerprint density at radius 1 is 1.13 bits per heavy atom. The van der Waals surface area contributed by atoms with E-state index in [1.165, 1.54) is 13.5 Å². The highest BCUT2D eigenvalue weighted by atomic mass is 16.5. The fourth-order valence-corrected chi connectivity index (χ4v) is 5.08. The summed E-state index contributed by atoms with van der Waals surface area (Å²) in [7, 11) is 1.40. The number of fused-ring (bicyclic) bond motifs is 1. The van der Waals surface area contributed by atoms with Crippen LogP contribution in [0.4, 0.5) is 0 Å². The molecule has 1 amide bonds. The average molecular weight is 408 g/mol. The van der Waals surface area contributed by atoms with Gasteiger partial charge in [0.1, 0.15) is 6.04 Å². The van der Waals surface area contributed by atoms with Crippen LogP contribution in [0.1, 0.15) is 49.1 Å². The van der Waals surface area contributed by atoms with E-state index in [0.29, 0.717) is 12.3 Å². The lowest BCUT2D eigenvalue weighted by molar-refractivity contribution is -0.150. The molecular formula is C24H29N3O3. The molecule has 0 bridgehead atoms. The lowest BCUT2D eigenvalue weighted by Gasteiger charge is -2.32. The number of likely N-dealkylation sites (tertiary alicyclic amines) is 1. The molecule has 158 valence electrons. The van der Waals surface area contributed by atoms with Gasteiger partial charge in [0.05, 0.1) is 18.5 Å². The first-order chi connectivity index (χ1) is 14.5. The van der Waals surface area contributed by atoms with Crippen LogP contribution in [0.3, 0.4) is 0 Å². The predicted molar refractivity (Wildman–Crippen MR) is 115 cm³/mol. The van der Waals surface area contributed by atoms with Crippen molar-refractivity contribution in [2.75, 3.05) is 7.11 Å². The quantitative estimate of drug-likeness (QED) is 0.571. The summed E-state index contributed by atoms with van der Waals surface area (Å²) in [6, 6.07) is 9.60. The minimum absolute atomic E-state index is 0.119. The molecule has 1 saturated heterocycles. The van der Waals surface area contributed by atoms with Crippen molar-refractivity contribution in [3.63, 3.8) is 0 Å². The summed E-state index contributed by atoms with van der Waals surface area (Å²) in [5.74, 6) is -0.0361. The van der Waals surface area contributed by atoms with Crippen molar-refractivity contribution in [1.29, 1.82) is 0 Å². The third-order valence-corrected chi connectivity index (χ3v) is 6.56. The summed E-state index contributed by atoms with van der Waals surface area (Å²) in [5.41, 5.74) is 3.76. The Morgan fingerprint density at radius 3 is 2.60 bits per heavy atom. The Bertz CT molecular complexity index is 964. The van der Waals surface area contributed by atoms with Gasteiger partial charge < -0.3 is 9.64 Å². The molecular weight excluding hydrogens is 378 g/mol. The molecule has 0 N–H and O–H groups in total. The molecule has 2 heterocycles. The largest absolute Gasteiger partial charge is 0.467 e. The van der Waals surface area contributed by atoms with E-state index < -0.39 is 6.04 Å². The standard InChI is InChI=1S/C24H29N3O3/c1-16-20(17(2)27(25-16)19-10-5-4-6-11-19)13-14-23(28)26-21-12-8-7-9-18(21)15-22(26)24(29)30-3/h4-6,10-11,13-14,18,21-22H,7-9,12,15H2,1-3H3. The van der Waals surface area contributed by atoms with Gasteiger partial charge in [-0.05, 0) is 57.2 Å². The maximum atomic E-state index is 13.2. The number of aromatic nitrogens is 2. The lowest BCUT2D eigenvalue weighted by Crippen LogP contribution is -2.45. The van der Waals surface area contributed by atoms with Crippen LogP contribution in [0.15, 0.2) is 36.4 Å². The first kappa shape index (κ1) is 20.4. The highest BCUT2D eigenvalue weighted by molar-refractivity contribution is 5.95. The van der Waals surface area contributed by atoms with Crippen LogP contribution < -0.4 is 0 Å². The van der Waals surface area contributed by atoms with E-state index in [9.17, 15) is 9.59 Å². The molecule has 1 aromatic carbocycles. The molecule has 6 nitrogen and oxygen atoms in total. The molecule has 2 aliphatic rings. The zero-order chi connectivity index (χ0) is 21.3. The van der Waals surface area contributed by atoms with Crippen molar-refractivity contribution in [2.24, 2.45) is 5.92 Å². The Labute approximate surface area is 177 Å². The number of carbonyl (C=O) groups is 2. The van der Waals surface area contributed by atoms with Gasteiger partial charge in [-0.3, -0.25) is 4.79 Å². The number of benzene rings is 1. The number of esters is 1. The SMILES string of the molecule is COC(=O)C1CC2CCCCC2N1C(=O)C=Cc1c(C)nn(-c2ccccc2)c1C. The van der Waals surface area contributed by atoms with Crippen LogP contribution in [-0.4, -0.2) is 45.8 Å². The number of aryl methyl sites for hydroxylation is 1. The van der Waals surface area contributed by atoms with E-state index in [-0.39, 0.29) is 17.9 Å². The number of hydrogen-bond acceptors (Lipinski definition) is 4. The molecule has 1 aromatic heterocycles. The molecule has 1 saturated carbocycles. The molecule has 6 heteroatoms. The molecule has 0 radical (unpaired) electrons. The number of ether oxygens (including phenoxy) is 1. The third kappa shape index (κ3) is 3.66. The van der Waals surface area contributed by atoms with Crippen LogP contribution >= 0.6 is 0 Å². The van der Waals surface area contributed by atoms with Crippen molar-refractivity contribution in [3.8, 4) is 5.69 Å². The normalized spacial score (nSPS) is 23.6. The smallest absolute Gasteiger partial charge is 0.328 e. The zero-order valence-corrected chi connectivity index (χ0v) is 17.9. The maximum absolute atomic E-state index is 13.2. The van der Waals surface area contributed by atoms with Crippen LogP contribution in [-0.2, 0) is 14.3 Å². The van der Waals surface area contributed by atoms with Crippen LogP contribution in [0.2, 0.25) is 0 Å². The molecule has 30 heavy (non-hydrogen) atoms. The first-order valence-corrected chi connectivity index (χ1v) is 10.7. The summed E-state index contributed by atoms with van der Waals surface area (Å²) < 4.78 is 6.90. The second-order valence-electron chi connectivity index (χ2n) is 8.30. The topological polar surface area (TPSA) is 64.4 Å². The second-order valence-corrected chi connectivity index (χ2v) is 8.30. The molecule has 1 aliphatic heterocycles. The average Bonchev–Trinajstić information content (AvgIpc) is 3.29. The fraction of sp³-hybridized carbons (Fsp3) is 0.458. The van der Waals surface area contributed by atoms with Crippen molar-refractivity contribution in [2.45, 2.75) is 58.0 Å². The van der Waals surface area contributed by atoms with E-state index in [4.69, 9.17) is 4.74 Å². The van der Waals surface area contributed by atoms with Crippen LogP contribution in [0, 0.1) is 19.8 Å². The van der Waals surface area contributed by atoms with Gasteiger partial charge in [0, 0.05) is 23.4 Å².